The summed E-state index contributed by atoms with van der Waals surface area (Å²) in [6.07, 6.45) is 0. The van der Waals surface area contributed by atoms with Crippen molar-refractivity contribution in [2.45, 2.75) is 26.8 Å². The number of methoxy groups -OCH3 is 1. The molecule has 190 valence electrons. The lowest BCUT2D eigenvalue weighted by Gasteiger charge is -2.26. The fourth-order valence-corrected chi connectivity index (χ4v) is 4.86. The monoisotopic (exact) mass is 539 g/mol. The number of benzene rings is 3. The van der Waals surface area contributed by atoms with E-state index in [1.807, 2.05) is 26.0 Å². The van der Waals surface area contributed by atoms with Crippen LogP contribution in [-0.4, -0.2) is 29.9 Å². The van der Waals surface area contributed by atoms with Crippen LogP contribution in [-0.2, 0) is 14.4 Å². The number of aliphatic hydroxyl groups excluding tert-OH is 1. The van der Waals surface area contributed by atoms with Gasteiger partial charge in [-0.25, -0.2) is 0 Å². The van der Waals surface area contributed by atoms with E-state index in [0.717, 1.165) is 11.1 Å². The van der Waals surface area contributed by atoms with E-state index < -0.39 is 29.5 Å². The van der Waals surface area contributed by atoms with Gasteiger partial charge in [-0.05, 0) is 66.9 Å². The molecule has 0 aromatic heterocycles. The smallest absolute Gasteiger partial charge is 0.308 e. The Morgan fingerprint density at radius 1 is 0.946 bits per heavy atom. The maximum absolute atomic E-state index is 13.4. The molecule has 0 bridgehead atoms. The minimum absolute atomic E-state index is 0.127. The molecular weight excluding hydrogens is 517 g/mol. The average Bonchev–Trinajstić information content (AvgIpc) is 3.10. The zero-order chi connectivity index (χ0) is 27.0. The summed E-state index contributed by atoms with van der Waals surface area (Å²) in [5, 5.41) is 11.6. The highest BCUT2D eigenvalue weighted by atomic mass is 35.5. The number of hydrogen-bond donors (Lipinski definition) is 1. The van der Waals surface area contributed by atoms with Gasteiger partial charge in [0.25, 0.3) is 11.7 Å². The first-order valence-electron chi connectivity index (χ1n) is 11.2. The maximum Gasteiger partial charge on any atom is 0.308 e. The first kappa shape index (κ1) is 26.3. The summed E-state index contributed by atoms with van der Waals surface area (Å²) in [7, 11) is 1.40. The normalized spacial score (nSPS) is 16.7. The van der Waals surface area contributed by atoms with E-state index in [1.54, 1.807) is 30.3 Å². The summed E-state index contributed by atoms with van der Waals surface area (Å²) >= 11 is 12.5. The molecule has 3 aromatic rings. The Balaban J connectivity index is 1.94. The van der Waals surface area contributed by atoms with Crippen LogP contribution in [0.25, 0.3) is 5.76 Å². The van der Waals surface area contributed by atoms with Gasteiger partial charge in [-0.15, -0.1) is 0 Å². The van der Waals surface area contributed by atoms with Crippen molar-refractivity contribution >= 4 is 52.3 Å². The number of ketones is 1. The molecule has 1 atom stereocenters. The van der Waals surface area contributed by atoms with Crippen LogP contribution in [0.1, 0.15) is 35.2 Å². The second-order valence-corrected chi connectivity index (χ2v) is 9.39. The number of rotatable bonds is 5. The summed E-state index contributed by atoms with van der Waals surface area (Å²) in [5.41, 5.74) is 2.96. The highest BCUT2D eigenvalue weighted by Crippen LogP contribution is 2.44. The topological polar surface area (TPSA) is 93.1 Å². The van der Waals surface area contributed by atoms with E-state index >= 15 is 0 Å². The third kappa shape index (κ3) is 4.92. The molecule has 0 spiro atoms. The first-order valence-corrected chi connectivity index (χ1v) is 12.0. The molecule has 3 aromatic carbocycles. The summed E-state index contributed by atoms with van der Waals surface area (Å²) in [6.45, 7) is 5.13. The number of aliphatic hydroxyl groups is 1. The van der Waals surface area contributed by atoms with Crippen LogP contribution in [0.5, 0.6) is 11.5 Å². The third-order valence-electron chi connectivity index (χ3n) is 6.15. The summed E-state index contributed by atoms with van der Waals surface area (Å²) < 4.78 is 10.3. The van der Waals surface area contributed by atoms with Crippen LogP contribution in [0.3, 0.4) is 0 Å². The van der Waals surface area contributed by atoms with E-state index in [-0.39, 0.29) is 26.9 Å². The van der Waals surface area contributed by atoms with Crippen molar-refractivity contribution < 1.29 is 29.0 Å². The number of nitrogens with zero attached hydrogens (tertiary/aromatic N) is 1. The standard InChI is InChI=1S/C28H23Cl2NO6/c1-14-5-8-19(11-15(14)2)31-24(17-6-9-20(10-7-17)37-16(3)32)23(26(34)28(31)35)25(33)18-12-21(29)27(36-4)22(30)13-18/h5-13,24,33H,1-4H3/b25-23+. The van der Waals surface area contributed by atoms with E-state index in [2.05, 4.69) is 0 Å². The lowest BCUT2D eigenvalue weighted by molar-refractivity contribution is -0.132. The van der Waals surface area contributed by atoms with Crippen molar-refractivity contribution in [2.24, 2.45) is 0 Å². The van der Waals surface area contributed by atoms with Crippen molar-refractivity contribution in [3.8, 4) is 11.5 Å². The SMILES string of the molecule is COc1c(Cl)cc(/C(O)=C2\C(=O)C(=O)N(c3ccc(C)c(C)c3)C2c2ccc(OC(C)=O)cc2)cc1Cl. The van der Waals surface area contributed by atoms with E-state index in [9.17, 15) is 19.5 Å². The molecular formula is C28H23Cl2NO6. The average molecular weight is 540 g/mol. The van der Waals surface area contributed by atoms with Gasteiger partial charge in [0.15, 0.2) is 5.75 Å². The fraction of sp³-hybridized carbons (Fsp3) is 0.179. The predicted molar refractivity (Wildman–Crippen MR) is 141 cm³/mol. The highest BCUT2D eigenvalue weighted by Gasteiger charge is 2.47. The molecule has 0 radical (unpaired) electrons. The number of esters is 1. The first-order chi connectivity index (χ1) is 17.5. The number of halogens is 2. The molecule has 7 nitrogen and oxygen atoms in total. The van der Waals surface area contributed by atoms with E-state index in [1.165, 1.54) is 31.1 Å². The van der Waals surface area contributed by atoms with Crippen molar-refractivity contribution in [1.29, 1.82) is 0 Å². The molecule has 9 heteroatoms. The van der Waals surface area contributed by atoms with Gasteiger partial charge in [0.1, 0.15) is 11.5 Å². The Morgan fingerprint density at radius 2 is 1.57 bits per heavy atom. The molecule has 1 fully saturated rings. The molecule has 1 unspecified atom stereocenters. The number of ether oxygens (including phenoxy) is 2. The zero-order valence-corrected chi connectivity index (χ0v) is 22.0. The Kier molecular flexibility index (Phi) is 7.30. The van der Waals surface area contributed by atoms with Gasteiger partial charge in [0, 0.05) is 18.2 Å². The number of hydrogen-bond acceptors (Lipinski definition) is 6. The minimum atomic E-state index is -0.979. The minimum Gasteiger partial charge on any atom is -0.507 e. The van der Waals surface area contributed by atoms with Crippen molar-refractivity contribution in [1.82, 2.24) is 0 Å². The van der Waals surface area contributed by atoms with Crippen LogP contribution < -0.4 is 14.4 Å². The Labute approximate surface area is 223 Å². The lowest BCUT2D eigenvalue weighted by Crippen LogP contribution is -2.29. The van der Waals surface area contributed by atoms with Gasteiger partial charge < -0.3 is 14.6 Å². The van der Waals surface area contributed by atoms with Gasteiger partial charge in [-0.1, -0.05) is 41.4 Å². The maximum atomic E-state index is 13.4. The zero-order valence-electron chi connectivity index (χ0n) is 20.5. The number of Topliss-reactive ketones (excluding diaryl/α,β-unsaturated/α-hetero) is 1. The van der Waals surface area contributed by atoms with Crippen LogP contribution in [0.15, 0.2) is 60.2 Å². The van der Waals surface area contributed by atoms with Gasteiger partial charge in [0.05, 0.1) is 28.8 Å². The lowest BCUT2D eigenvalue weighted by atomic mass is 9.95. The number of aryl methyl sites for hydroxylation is 2. The number of carbonyl (C=O) groups is 3. The van der Waals surface area contributed by atoms with Crippen molar-refractivity contribution in [2.75, 3.05) is 12.0 Å². The molecule has 0 saturated carbocycles. The molecule has 0 aliphatic carbocycles. The molecule has 1 heterocycles. The summed E-state index contributed by atoms with van der Waals surface area (Å²) in [5.74, 6) is -2.08. The number of amides is 1. The number of anilines is 1. The quantitative estimate of drug-likeness (QED) is 0.137. The van der Waals surface area contributed by atoms with Gasteiger partial charge in [-0.3, -0.25) is 19.3 Å². The molecule has 1 N–H and O–H groups in total. The van der Waals surface area contributed by atoms with Crippen LogP contribution in [0.4, 0.5) is 5.69 Å². The van der Waals surface area contributed by atoms with Crippen LogP contribution >= 0.6 is 23.2 Å². The largest absolute Gasteiger partial charge is 0.507 e. The number of carbonyl (C=O) groups excluding carboxylic acids is 3. The Hall–Kier alpha value is -3.81. The predicted octanol–water partition coefficient (Wildman–Crippen LogP) is 6.17. The third-order valence-corrected chi connectivity index (χ3v) is 6.71. The second-order valence-electron chi connectivity index (χ2n) is 8.57. The van der Waals surface area contributed by atoms with Crippen LogP contribution in [0, 0.1) is 13.8 Å². The van der Waals surface area contributed by atoms with Gasteiger partial charge in [-0.2, -0.15) is 0 Å². The van der Waals surface area contributed by atoms with Gasteiger partial charge >= 0.3 is 5.97 Å². The molecule has 4 rings (SSSR count). The molecule has 1 aliphatic rings. The molecule has 1 amide bonds. The Bertz CT molecular complexity index is 1440. The summed E-state index contributed by atoms with van der Waals surface area (Å²) in [6, 6.07) is 13.6. The van der Waals surface area contributed by atoms with Crippen molar-refractivity contribution in [3.05, 3.63) is 92.5 Å². The van der Waals surface area contributed by atoms with E-state index in [4.69, 9.17) is 32.7 Å². The fourth-order valence-electron chi connectivity index (χ4n) is 4.22. The van der Waals surface area contributed by atoms with Crippen molar-refractivity contribution in [3.63, 3.8) is 0 Å². The molecule has 37 heavy (non-hydrogen) atoms. The Morgan fingerprint density at radius 3 is 2.11 bits per heavy atom. The van der Waals surface area contributed by atoms with Crippen LogP contribution in [0.2, 0.25) is 10.0 Å². The molecule has 1 aliphatic heterocycles. The highest BCUT2D eigenvalue weighted by molar-refractivity contribution is 6.51. The molecule has 1 saturated heterocycles. The van der Waals surface area contributed by atoms with E-state index in [0.29, 0.717) is 17.0 Å². The van der Waals surface area contributed by atoms with Gasteiger partial charge in [0.2, 0.25) is 0 Å². The second kappa shape index (κ2) is 10.3. The summed E-state index contributed by atoms with van der Waals surface area (Å²) in [4.78, 5) is 39.4.